The molecule has 1 aromatic heterocycles. The summed E-state index contributed by atoms with van der Waals surface area (Å²) >= 11 is 3.66. The first-order valence-corrected chi connectivity index (χ1v) is 10.1. The molecule has 1 heterocycles. The van der Waals surface area contributed by atoms with Crippen LogP contribution in [0.25, 0.3) is 5.57 Å². The van der Waals surface area contributed by atoms with E-state index in [9.17, 15) is 0 Å². The van der Waals surface area contributed by atoms with Gasteiger partial charge in [-0.15, -0.1) is 0 Å². The number of anilines is 1. The van der Waals surface area contributed by atoms with Gasteiger partial charge in [-0.2, -0.15) is 0 Å². The van der Waals surface area contributed by atoms with E-state index < -0.39 is 0 Å². The molecule has 29 heavy (non-hydrogen) atoms. The highest BCUT2D eigenvalue weighted by atomic mass is 79.9. The minimum atomic E-state index is 0.724. The van der Waals surface area contributed by atoms with E-state index in [0.29, 0.717) is 0 Å². The van der Waals surface area contributed by atoms with Gasteiger partial charge in [0.25, 0.3) is 0 Å². The second-order valence-electron chi connectivity index (χ2n) is 6.85. The van der Waals surface area contributed by atoms with Gasteiger partial charge in [0.05, 0.1) is 14.2 Å². The molecule has 0 aliphatic carbocycles. The lowest BCUT2D eigenvalue weighted by Crippen LogP contribution is -2.23. The second kappa shape index (κ2) is 9.61. The van der Waals surface area contributed by atoms with Crippen molar-refractivity contribution in [3.05, 3.63) is 88.5 Å². The molecule has 0 saturated heterocycles. The first-order chi connectivity index (χ1) is 14.0. The molecule has 0 radical (unpaired) electrons. The molecule has 3 aromatic rings. The number of aromatic nitrogens is 1. The third-order valence-electron chi connectivity index (χ3n) is 4.69. The Balaban J connectivity index is 1.90. The quantitative estimate of drug-likeness (QED) is 0.413. The lowest BCUT2D eigenvalue weighted by atomic mass is 10.1. The number of halogens is 1. The molecule has 0 aliphatic heterocycles. The Morgan fingerprint density at radius 2 is 1.41 bits per heavy atom. The number of hydrogen-bond acceptors (Lipinski definition) is 4. The fraction of sp³-hybridized carbons (Fsp3) is 0.208. The number of ether oxygens (including phenoxy) is 2. The Kier molecular flexibility index (Phi) is 6.94. The van der Waals surface area contributed by atoms with Crippen LogP contribution < -0.4 is 14.4 Å². The van der Waals surface area contributed by atoms with Crippen molar-refractivity contribution in [2.24, 2.45) is 0 Å². The topological polar surface area (TPSA) is 34.6 Å². The Bertz CT molecular complexity index is 920. The lowest BCUT2D eigenvalue weighted by molar-refractivity contribution is 0.414. The summed E-state index contributed by atoms with van der Waals surface area (Å²) in [5.41, 5.74) is 4.36. The second-order valence-corrected chi connectivity index (χ2v) is 7.71. The van der Waals surface area contributed by atoms with Crippen LogP contribution in [0.1, 0.15) is 23.6 Å². The first-order valence-electron chi connectivity index (χ1n) is 9.32. The Morgan fingerprint density at radius 1 is 0.931 bits per heavy atom. The van der Waals surface area contributed by atoms with E-state index in [2.05, 4.69) is 57.7 Å². The van der Waals surface area contributed by atoms with E-state index in [1.165, 1.54) is 11.1 Å². The van der Waals surface area contributed by atoms with Gasteiger partial charge in [-0.05, 0) is 69.9 Å². The van der Waals surface area contributed by atoms with Crippen molar-refractivity contribution >= 4 is 27.3 Å². The Morgan fingerprint density at radius 3 is 1.79 bits per heavy atom. The summed E-state index contributed by atoms with van der Waals surface area (Å²) in [6.45, 7) is 7.45. The van der Waals surface area contributed by atoms with Crippen LogP contribution in [-0.2, 0) is 13.1 Å². The monoisotopic (exact) mass is 452 g/mol. The van der Waals surface area contributed by atoms with E-state index in [1.54, 1.807) is 14.2 Å². The van der Waals surface area contributed by atoms with Crippen LogP contribution in [0.3, 0.4) is 0 Å². The molecule has 5 heteroatoms. The van der Waals surface area contributed by atoms with Gasteiger partial charge in [-0.25, -0.2) is 4.98 Å². The maximum absolute atomic E-state index is 5.28. The summed E-state index contributed by atoms with van der Waals surface area (Å²) in [5.74, 6) is 2.60. The zero-order valence-electron chi connectivity index (χ0n) is 17.0. The van der Waals surface area contributed by atoms with Crippen LogP contribution >= 0.6 is 15.9 Å². The van der Waals surface area contributed by atoms with E-state index >= 15 is 0 Å². The van der Waals surface area contributed by atoms with Crippen LogP contribution in [0.5, 0.6) is 11.5 Å². The van der Waals surface area contributed by atoms with Crippen LogP contribution in [0.2, 0.25) is 0 Å². The summed E-state index contributed by atoms with van der Waals surface area (Å²) < 4.78 is 11.5. The predicted molar refractivity (Wildman–Crippen MR) is 123 cm³/mol. The molecule has 0 atom stereocenters. The Labute approximate surface area is 180 Å². The highest BCUT2D eigenvalue weighted by Gasteiger charge is 2.13. The maximum atomic E-state index is 5.28. The summed E-state index contributed by atoms with van der Waals surface area (Å²) in [6.07, 6.45) is 1.87. The maximum Gasteiger partial charge on any atom is 0.130 e. The summed E-state index contributed by atoms with van der Waals surface area (Å²) in [7, 11) is 3.35. The largest absolute Gasteiger partial charge is 0.497 e. The third kappa shape index (κ3) is 5.39. The predicted octanol–water partition coefficient (Wildman–Crippen LogP) is 6.10. The molecule has 0 aliphatic rings. The number of pyridine rings is 1. The average molecular weight is 453 g/mol. The minimum Gasteiger partial charge on any atom is -0.497 e. The van der Waals surface area contributed by atoms with Crippen LogP contribution in [0.15, 0.2) is 71.8 Å². The molecule has 0 amide bonds. The molecule has 0 N–H and O–H groups in total. The van der Waals surface area contributed by atoms with Crippen molar-refractivity contribution in [2.75, 3.05) is 19.1 Å². The zero-order valence-corrected chi connectivity index (χ0v) is 18.6. The van der Waals surface area contributed by atoms with Gasteiger partial charge < -0.3 is 14.4 Å². The number of benzene rings is 2. The van der Waals surface area contributed by atoms with E-state index in [4.69, 9.17) is 14.5 Å². The standard InChI is InChI=1S/C24H25BrN2O2/c1-17(2)22-14-26-24(13-23(22)25)27(15-18-5-9-20(28-3)10-6-18)16-19-7-11-21(29-4)12-8-19/h5-14H,1,15-16H2,2-4H3. The van der Waals surface area contributed by atoms with E-state index in [0.717, 1.165) is 46.0 Å². The molecule has 0 bridgehead atoms. The van der Waals surface area contributed by atoms with Gasteiger partial charge >= 0.3 is 0 Å². The van der Waals surface area contributed by atoms with Gasteiger partial charge in [-0.3, -0.25) is 0 Å². The molecule has 4 nitrogen and oxygen atoms in total. The number of methoxy groups -OCH3 is 2. The highest BCUT2D eigenvalue weighted by molar-refractivity contribution is 9.10. The molecule has 2 aromatic carbocycles. The normalized spacial score (nSPS) is 10.5. The van der Waals surface area contributed by atoms with Crippen molar-refractivity contribution in [2.45, 2.75) is 20.0 Å². The van der Waals surface area contributed by atoms with Crippen molar-refractivity contribution in [3.63, 3.8) is 0 Å². The average Bonchev–Trinajstić information content (AvgIpc) is 2.74. The first kappa shape index (κ1) is 20.9. The molecule has 0 spiro atoms. The van der Waals surface area contributed by atoms with Crippen molar-refractivity contribution in [3.8, 4) is 11.5 Å². The number of nitrogens with zero attached hydrogens (tertiary/aromatic N) is 2. The molecular weight excluding hydrogens is 428 g/mol. The molecule has 150 valence electrons. The summed E-state index contributed by atoms with van der Waals surface area (Å²) in [5, 5.41) is 0. The van der Waals surface area contributed by atoms with Gasteiger partial charge in [0.15, 0.2) is 0 Å². The van der Waals surface area contributed by atoms with Gasteiger partial charge in [0.1, 0.15) is 17.3 Å². The lowest BCUT2D eigenvalue weighted by Gasteiger charge is -2.25. The van der Waals surface area contributed by atoms with Crippen LogP contribution in [-0.4, -0.2) is 19.2 Å². The molecule has 0 unspecified atom stereocenters. The minimum absolute atomic E-state index is 0.724. The van der Waals surface area contributed by atoms with E-state index in [-0.39, 0.29) is 0 Å². The fourth-order valence-electron chi connectivity index (χ4n) is 3.03. The fourth-order valence-corrected chi connectivity index (χ4v) is 3.67. The third-order valence-corrected chi connectivity index (χ3v) is 5.34. The van der Waals surface area contributed by atoms with Crippen LogP contribution in [0.4, 0.5) is 5.82 Å². The molecule has 0 saturated carbocycles. The summed E-state index contributed by atoms with van der Waals surface area (Å²) in [4.78, 5) is 6.95. The van der Waals surface area contributed by atoms with Gasteiger partial charge in [0, 0.05) is 29.3 Å². The highest BCUT2D eigenvalue weighted by Crippen LogP contribution is 2.28. The summed E-state index contributed by atoms with van der Waals surface area (Å²) in [6, 6.07) is 18.3. The Hall–Kier alpha value is -2.79. The zero-order chi connectivity index (χ0) is 20.8. The molecular formula is C24H25BrN2O2. The SMILES string of the molecule is C=C(C)c1cnc(N(Cc2ccc(OC)cc2)Cc2ccc(OC)cc2)cc1Br. The smallest absolute Gasteiger partial charge is 0.130 e. The van der Waals surface area contributed by atoms with Crippen molar-refractivity contribution in [1.29, 1.82) is 0 Å². The van der Waals surface area contributed by atoms with E-state index in [1.807, 2.05) is 37.4 Å². The molecule has 3 rings (SSSR count). The van der Waals surface area contributed by atoms with Crippen molar-refractivity contribution in [1.82, 2.24) is 4.98 Å². The van der Waals surface area contributed by atoms with Crippen LogP contribution in [0, 0.1) is 0 Å². The number of allylic oxidation sites excluding steroid dienone is 1. The number of hydrogen-bond donors (Lipinski definition) is 0. The van der Waals surface area contributed by atoms with Gasteiger partial charge in [-0.1, -0.05) is 30.8 Å². The molecule has 0 fully saturated rings. The van der Waals surface area contributed by atoms with Crippen molar-refractivity contribution < 1.29 is 9.47 Å². The van der Waals surface area contributed by atoms with Gasteiger partial charge in [0.2, 0.25) is 0 Å². The number of rotatable bonds is 8.